The van der Waals surface area contributed by atoms with E-state index in [4.69, 9.17) is 4.55 Å². The monoisotopic (exact) mass is 171 g/mol. The van der Waals surface area contributed by atoms with E-state index < -0.39 is 10.1 Å². The Morgan fingerprint density at radius 3 is 2.55 bits per heavy atom. The van der Waals surface area contributed by atoms with Gasteiger partial charge in [-0.25, -0.2) is 0 Å². The lowest BCUT2D eigenvalue weighted by Gasteiger charge is -1.98. The van der Waals surface area contributed by atoms with E-state index in [1.165, 1.54) is 6.07 Å². The van der Waals surface area contributed by atoms with Gasteiger partial charge in [0.2, 0.25) is 0 Å². The molecule has 0 fully saturated rings. The van der Waals surface area contributed by atoms with E-state index in [-0.39, 0.29) is 4.90 Å². The van der Waals surface area contributed by atoms with E-state index >= 15 is 0 Å². The number of hydrogen-bond donors (Lipinski definition) is 1. The van der Waals surface area contributed by atoms with Crippen molar-refractivity contribution in [1.82, 2.24) is 0 Å². The van der Waals surface area contributed by atoms with E-state index in [2.05, 4.69) is 6.07 Å². The van der Waals surface area contributed by atoms with Gasteiger partial charge in [0.15, 0.2) is 0 Å². The van der Waals surface area contributed by atoms with Crippen molar-refractivity contribution in [2.24, 2.45) is 0 Å². The topological polar surface area (TPSA) is 54.4 Å². The van der Waals surface area contributed by atoms with Gasteiger partial charge in [-0.3, -0.25) is 4.55 Å². The van der Waals surface area contributed by atoms with Crippen LogP contribution in [0.3, 0.4) is 0 Å². The van der Waals surface area contributed by atoms with Crippen LogP contribution in [0, 0.1) is 13.0 Å². The van der Waals surface area contributed by atoms with Crippen molar-refractivity contribution in [2.45, 2.75) is 11.8 Å². The summed E-state index contributed by atoms with van der Waals surface area (Å²) in [4.78, 5) is -0.153. The first-order valence-electron chi connectivity index (χ1n) is 2.96. The summed E-state index contributed by atoms with van der Waals surface area (Å²) < 4.78 is 29.8. The van der Waals surface area contributed by atoms with Gasteiger partial charge in [-0.1, -0.05) is 18.2 Å². The van der Waals surface area contributed by atoms with E-state index in [1.54, 1.807) is 19.1 Å². The van der Waals surface area contributed by atoms with Crippen molar-refractivity contribution in [3.63, 3.8) is 0 Å². The summed E-state index contributed by atoms with van der Waals surface area (Å²) in [6.07, 6.45) is 0. The standard InChI is InChI=1S/C7H7O3S/c1-6-4-2-3-5-7(6)11(8,9)10/h2-4H,1H3,(H,8,9,10). The molecular formula is C7H7O3S. The second kappa shape index (κ2) is 2.64. The third-order valence-corrected chi connectivity index (χ3v) is 2.23. The molecular weight excluding hydrogens is 164 g/mol. The van der Waals surface area contributed by atoms with Gasteiger partial charge in [0.25, 0.3) is 10.1 Å². The van der Waals surface area contributed by atoms with Crippen LogP contribution in [0.5, 0.6) is 0 Å². The van der Waals surface area contributed by atoms with Gasteiger partial charge in [0, 0.05) is 6.07 Å². The molecule has 1 aromatic rings. The summed E-state index contributed by atoms with van der Waals surface area (Å²) in [6, 6.07) is 7.13. The Balaban J connectivity index is 3.37. The Morgan fingerprint density at radius 2 is 2.18 bits per heavy atom. The van der Waals surface area contributed by atoms with E-state index in [0.717, 1.165) is 0 Å². The Hall–Kier alpha value is -0.870. The lowest BCUT2D eigenvalue weighted by Crippen LogP contribution is -2.00. The predicted molar refractivity (Wildman–Crippen MR) is 39.8 cm³/mol. The van der Waals surface area contributed by atoms with Gasteiger partial charge in [-0.2, -0.15) is 8.42 Å². The zero-order valence-electron chi connectivity index (χ0n) is 5.90. The molecule has 59 valence electrons. The Morgan fingerprint density at radius 1 is 1.55 bits per heavy atom. The molecule has 0 aliphatic heterocycles. The van der Waals surface area contributed by atoms with Gasteiger partial charge in [-0.15, -0.1) is 0 Å². The molecule has 1 radical (unpaired) electrons. The van der Waals surface area contributed by atoms with Crippen molar-refractivity contribution in [3.8, 4) is 0 Å². The van der Waals surface area contributed by atoms with Gasteiger partial charge < -0.3 is 0 Å². The Kier molecular flexibility index (Phi) is 1.97. The van der Waals surface area contributed by atoms with Crippen LogP contribution in [0.1, 0.15) is 5.56 Å². The van der Waals surface area contributed by atoms with Crippen LogP contribution in [0.25, 0.3) is 0 Å². The van der Waals surface area contributed by atoms with Crippen LogP contribution >= 0.6 is 0 Å². The highest BCUT2D eigenvalue weighted by Gasteiger charge is 2.11. The van der Waals surface area contributed by atoms with Crippen LogP contribution < -0.4 is 0 Å². The second-order valence-electron chi connectivity index (χ2n) is 2.16. The van der Waals surface area contributed by atoms with Crippen molar-refractivity contribution < 1.29 is 13.0 Å². The normalized spacial score (nSPS) is 11.5. The maximum Gasteiger partial charge on any atom is 0.295 e. The molecule has 0 amide bonds. The number of hydrogen-bond acceptors (Lipinski definition) is 2. The van der Waals surface area contributed by atoms with Gasteiger partial charge in [0.1, 0.15) is 4.90 Å². The molecule has 1 N–H and O–H groups in total. The maximum absolute atomic E-state index is 10.6. The molecule has 0 aromatic heterocycles. The first kappa shape index (κ1) is 8.23. The molecule has 0 aliphatic carbocycles. The molecule has 0 heterocycles. The second-order valence-corrected chi connectivity index (χ2v) is 3.52. The largest absolute Gasteiger partial charge is 0.295 e. The van der Waals surface area contributed by atoms with Crippen molar-refractivity contribution >= 4 is 10.1 Å². The quantitative estimate of drug-likeness (QED) is 0.642. The van der Waals surface area contributed by atoms with Gasteiger partial charge in [-0.05, 0) is 12.5 Å². The highest BCUT2D eigenvalue weighted by Crippen LogP contribution is 2.11. The summed E-state index contributed by atoms with van der Waals surface area (Å²) in [7, 11) is -4.09. The summed E-state index contributed by atoms with van der Waals surface area (Å²) in [5.74, 6) is 0. The minimum absolute atomic E-state index is 0.153. The number of benzene rings is 1. The highest BCUT2D eigenvalue weighted by molar-refractivity contribution is 7.85. The van der Waals surface area contributed by atoms with Crippen molar-refractivity contribution in [2.75, 3.05) is 0 Å². The molecule has 0 atom stereocenters. The van der Waals surface area contributed by atoms with Crippen LogP contribution in [0.15, 0.2) is 23.1 Å². The number of aryl methyl sites for hydroxylation is 1. The third kappa shape index (κ3) is 1.78. The summed E-state index contributed by atoms with van der Waals surface area (Å²) >= 11 is 0. The first-order chi connectivity index (χ1) is 5.02. The van der Waals surface area contributed by atoms with E-state index in [0.29, 0.717) is 5.56 Å². The molecule has 0 aliphatic rings. The van der Waals surface area contributed by atoms with Gasteiger partial charge >= 0.3 is 0 Å². The van der Waals surface area contributed by atoms with Crippen molar-refractivity contribution in [3.05, 3.63) is 29.8 Å². The van der Waals surface area contributed by atoms with Crippen LogP contribution in [0.4, 0.5) is 0 Å². The molecule has 3 nitrogen and oxygen atoms in total. The Labute approximate surface area is 65.4 Å². The fourth-order valence-corrected chi connectivity index (χ4v) is 1.48. The molecule has 0 spiro atoms. The summed E-state index contributed by atoms with van der Waals surface area (Å²) in [6.45, 7) is 1.60. The minimum Gasteiger partial charge on any atom is -0.282 e. The molecule has 1 rings (SSSR count). The average Bonchev–Trinajstić information content (AvgIpc) is 1.86. The van der Waals surface area contributed by atoms with E-state index in [1.807, 2.05) is 0 Å². The average molecular weight is 171 g/mol. The highest BCUT2D eigenvalue weighted by atomic mass is 32.2. The zero-order valence-corrected chi connectivity index (χ0v) is 6.72. The lowest BCUT2D eigenvalue weighted by atomic mass is 10.2. The first-order valence-corrected chi connectivity index (χ1v) is 4.40. The van der Waals surface area contributed by atoms with Gasteiger partial charge in [0.05, 0.1) is 0 Å². The molecule has 0 unspecified atom stereocenters. The SMILES string of the molecule is Cc1ccc[c]c1S(=O)(=O)O. The van der Waals surface area contributed by atoms with E-state index in [9.17, 15) is 8.42 Å². The third-order valence-electron chi connectivity index (χ3n) is 1.27. The molecule has 0 saturated heterocycles. The zero-order chi connectivity index (χ0) is 8.48. The Bertz CT molecular complexity index is 354. The summed E-state index contributed by atoms with van der Waals surface area (Å²) in [5.41, 5.74) is 0.495. The lowest BCUT2D eigenvalue weighted by molar-refractivity contribution is 0.482. The fraction of sp³-hybridized carbons (Fsp3) is 0.143. The van der Waals surface area contributed by atoms with Crippen LogP contribution in [-0.2, 0) is 10.1 Å². The molecule has 11 heavy (non-hydrogen) atoms. The fourth-order valence-electron chi connectivity index (χ4n) is 0.784. The van der Waals surface area contributed by atoms with Crippen molar-refractivity contribution in [1.29, 1.82) is 0 Å². The smallest absolute Gasteiger partial charge is 0.282 e. The molecule has 4 heteroatoms. The molecule has 1 aromatic carbocycles. The maximum atomic E-state index is 10.6. The number of rotatable bonds is 1. The summed E-state index contributed by atoms with van der Waals surface area (Å²) in [5, 5.41) is 0. The minimum atomic E-state index is -4.09. The predicted octanol–water partition coefficient (Wildman–Crippen LogP) is 1.04. The molecule has 0 saturated carbocycles. The molecule has 0 bridgehead atoms. The van der Waals surface area contributed by atoms with Crippen LogP contribution in [-0.4, -0.2) is 13.0 Å². The van der Waals surface area contributed by atoms with Crippen LogP contribution in [0.2, 0.25) is 0 Å².